The van der Waals surface area contributed by atoms with Gasteiger partial charge in [-0.25, -0.2) is 0 Å². The maximum atomic E-state index is 12.4. The van der Waals surface area contributed by atoms with Gasteiger partial charge in [-0.2, -0.15) is 13.2 Å². The zero-order valence-electron chi connectivity index (χ0n) is 8.80. The Balaban J connectivity index is 3.04. The van der Waals surface area contributed by atoms with Crippen LogP contribution < -0.4 is 4.90 Å². The molecule has 1 aromatic rings. The molecule has 1 aromatic carbocycles. The highest BCUT2D eigenvalue weighted by Crippen LogP contribution is 2.31. The van der Waals surface area contributed by atoms with Crippen molar-refractivity contribution in [1.82, 2.24) is 0 Å². The Morgan fingerprint density at radius 3 is 2.50 bits per heavy atom. The largest absolute Gasteiger partial charge is 0.416 e. The molecule has 0 unspecified atom stereocenters. The first-order chi connectivity index (χ1) is 7.36. The van der Waals surface area contributed by atoms with E-state index < -0.39 is 11.7 Å². The average Bonchev–Trinajstić information content (AvgIpc) is 2.26. The Labute approximate surface area is 96.0 Å². The minimum absolute atomic E-state index is 0.194. The van der Waals surface area contributed by atoms with Gasteiger partial charge in [0.2, 0.25) is 0 Å². The molecule has 0 bridgehead atoms. The van der Waals surface area contributed by atoms with E-state index >= 15 is 0 Å². The highest BCUT2D eigenvalue weighted by atomic mass is 32.2. The van der Waals surface area contributed by atoms with Gasteiger partial charge in [0.15, 0.2) is 5.17 Å². The van der Waals surface area contributed by atoms with Gasteiger partial charge in [-0.1, -0.05) is 17.8 Å². The number of hydrogen-bond acceptors (Lipinski definition) is 2. The maximum Gasteiger partial charge on any atom is 0.416 e. The van der Waals surface area contributed by atoms with Gasteiger partial charge in [0.1, 0.15) is 0 Å². The van der Waals surface area contributed by atoms with Crippen LogP contribution in [0.5, 0.6) is 0 Å². The number of hydrogen-bond donors (Lipinski definition) is 1. The van der Waals surface area contributed by atoms with Crippen molar-refractivity contribution in [2.75, 3.05) is 18.2 Å². The van der Waals surface area contributed by atoms with Crippen LogP contribution in [0, 0.1) is 5.41 Å². The van der Waals surface area contributed by atoms with Crippen LogP contribution in [0.1, 0.15) is 5.56 Å². The second-order valence-electron chi connectivity index (χ2n) is 3.12. The number of anilines is 1. The van der Waals surface area contributed by atoms with Crippen LogP contribution >= 0.6 is 11.8 Å². The molecule has 0 aliphatic heterocycles. The first-order valence-electron chi connectivity index (χ1n) is 4.40. The molecular weight excluding hydrogens is 237 g/mol. The molecule has 0 saturated carbocycles. The van der Waals surface area contributed by atoms with Crippen molar-refractivity contribution < 1.29 is 13.2 Å². The summed E-state index contributed by atoms with van der Waals surface area (Å²) in [5.74, 6) is 0. The number of halogens is 3. The van der Waals surface area contributed by atoms with Crippen LogP contribution in [0.25, 0.3) is 0 Å². The van der Waals surface area contributed by atoms with Gasteiger partial charge in [-0.05, 0) is 24.5 Å². The predicted molar refractivity (Wildman–Crippen MR) is 61.1 cm³/mol. The van der Waals surface area contributed by atoms with Crippen LogP contribution in [0.4, 0.5) is 18.9 Å². The molecule has 88 valence electrons. The van der Waals surface area contributed by atoms with Crippen molar-refractivity contribution in [3.05, 3.63) is 29.8 Å². The van der Waals surface area contributed by atoms with Gasteiger partial charge in [-0.3, -0.25) is 5.41 Å². The molecule has 1 rings (SSSR count). The number of nitrogens with one attached hydrogen (secondary N) is 1. The van der Waals surface area contributed by atoms with Crippen LogP contribution in [0.3, 0.4) is 0 Å². The zero-order chi connectivity index (χ0) is 12.3. The molecule has 16 heavy (non-hydrogen) atoms. The van der Waals surface area contributed by atoms with Crippen LogP contribution in [-0.2, 0) is 6.18 Å². The first kappa shape index (κ1) is 12.9. The summed E-state index contributed by atoms with van der Waals surface area (Å²) in [7, 11) is 1.56. The minimum atomic E-state index is -4.35. The monoisotopic (exact) mass is 248 g/mol. The van der Waals surface area contributed by atoms with E-state index in [4.69, 9.17) is 5.41 Å². The average molecular weight is 248 g/mol. The van der Waals surface area contributed by atoms with Gasteiger partial charge >= 0.3 is 6.18 Å². The van der Waals surface area contributed by atoms with Gasteiger partial charge in [0.05, 0.1) is 5.56 Å². The van der Waals surface area contributed by atoms with Crippen LogP contribution in [-0.4, -0.2) is 18.5 Å². The molecule has 1 N–H and O–H groups in total. The molecule has 6 heteroatoms. The number of nitrogens with zero attached hydrogens (tertiary/aromatic N) is 1. The van der Waals surface area contributed by atoms with E-state index in [1.807, 2.05) is 0 Å². The second-order valence-corrected chi connectivity index (χ2v) is 3.91. The fraction of sp³-hybridized carbons (Fsp3) is 0.300. The fourth-order valence-electron chi connectivity index (χ4n) is 1.15. The lowest BCUT2D eigenvalue weighted by atomic mass is 10.2. The number of alkyl halides is 3. The van der Waals surface area contributed by atoms with Crippen molar-refractivity contribution in [3.63, 3.8) is 0 Å². The van der Waals surface area contributed by atoms with E-state index in [1.165, 1.54) is 22.7 Å². The number of benzene rings is 1. The Hall–Kier alpha value is -1.17. The van der Waals surface area contributed by atoms with Crippen LogP contribution in [0.15, 0.2) is 24.3 Å². The first-order valence-corrected chi connectivity index (χ1v) is 5.62. The molecule has 0 spiro atoms. The molecule has 0 aliphatic carbocycles. The fourth-order valence-corrected chi connectivity index (χ4v) is 1.52. The van der Waals surface area contributed by atoms with Crippen molar-refractivity contribution in [2.24, 2.45) is 0 Å². The summed E-state index contributed by atoms with van der Waals surface area (Å²) in [4.78, 5) is 1.40. The summed E-state index contributed by atoms with van der Waals surface area (Å²) in [5.41, 5.74) is -0.347. The van der Waals surface area contributed by atoms with Crippen molar-refractivity contribution in [3.8, 4) is 0 Å². The Morgan fingerprint density at radius 1 is 1.38 bits per heavy atom. The Bertz CT molecular complexity index is 390. The number of thioether (sulfide) groups is 1. The molecular formula is C10H11F3N2S. The van der Waals surface area contributed by atoms with E-state index in [-0.39, 0.29) is 5.17 Å². The quantitative estimate of drug-likeness (QED) is 0.609. The molecule has 0 radical (unpaired) electrons. The van der Waals surface area contributed by atoms with Crippen molar-refractivity contribution in [2.45, 2.75) is 6.18 Å². The third kappa shape index (κ3) is 2.91. The normalized spacial score (nSPS) is 11.3. The van der Waals surface area contributed by atoms with Gasteiger partial charge < -0.3 is 4.90 Å². The second kappa shape index (κ2) is 4.78. The lowest BCUT2D eigenvalue weighted by Gasteiger charge is -2.19. The van der Waals surface area contributed by atoms with Gasteiger partial charge in [0, 0.05) is 12.7 Å². The lowest BCUT2D eigenvalue weighted by Crippen LogP contribution is -2.22. The third-order valence-electron chi connectivity index (χ3n) is 2.06. The molecule has 0 aromatic heterocycles. The smallest absolute Gasteiger partial charge is 0.324 e. The predicted octanol–water partition coefficient (Wildman–Crippen LogP) is 3.44. The SMILES string of the molecule is CSC(=N)N(C)c1cccc(C(F)(F)F)c1. The van der Waals surface area contributed by atoms with Crippen molar-refractivity contribution >= 4 is 22.6 Å². The zero-order valence-corrected chi connectivity index (χ0v) is 9.62. The van der Waals surface area contributed by atoms with Gasteiger partial charge in [-0.15, -0.1) is 0 Å². The van der Waals surface area contributed by atoms with E-state index in [2.05, 4.69) is 0 Å². The summed E-state index contributed by atoms with van der Waals surface area (Å²) >= 11 is 1.17. The Kier molecular flexibility index (Phi) is 3.85. The minimum Gasteiger partial charge on any atom is -0.324 e. The topological polar surface area (TPSA) is 27.1 Å². The molecule has 0 aliphatic rings. The number of rotatable bonds is 1. The third-order valence-corrected chi connectivity index (χ3v) is 2.72. The summed E-state index contributed by atoms with van der Waals surface area (Å²) in [6.45, 7) is 0. The molecule has 0 heterocycles. The molecule has 0 saturated heterocycles. The maximum absolute atomic E-state index is 12.4. The molecule has 0 atom stereocenters. The Morgan fingerprint density at radius 2 is 2.00 bits per heavy atom. The van der Waals surface area contributed by atoms with Crippen LogP contribution in [0.2, 0.25) is 0 Å². The summed E-state index contributed by atoms with van der Waals surface area (Å²) < 4.78 is 37.3. The summed E-state index contributed by atoms with van der Waals surface area (Å²) in [5, 5.41) is 7.71. The highest BCUT2D eigenvalue weighted by molar-refractivity contribution is 8.13. The van der Waals surface area contributed by atoms with Gasteiger partial charge in [0.25, 0.3) is 0 Å². The molecule has 0 amide bonds. The lowest BCUT2D eigenvalue weighted by molar-refractivity contribution is -0.137. The summed E-state index contributed by atoms with van der Waals surface area (Å²) in [6, 6.07) is 4.92. The molecule has 0 fully saturated rings. The van der Waals surface area contributed by atoms with E-state index in [9.17, 15) is 13.2 Å². The van der Waals surface area contributed by atoms with E-state index in [1.54, 1.807) is 19.4 Å². The summed E-state index contributed by atoms with van der Waals surface area (Å²) in [6.07, 6.45) is -2.65. The van der Waals surface area contributed by atoms with E-state index in [0.717, 1.165) is 12.1 Å². The van der Waals surface area contributed by atoms with E-state index in [0.29, 0.717) is 5.69 Å². The molecule has 2 nitrogen and oxygen atoms in total. The standard InChI is InChI=1S/C10H11F3N2S/c1-15(9(14)16-2)8-5-3-4-7(6-8)10(11,12)13/h3-6,14H,1-2H3. The number of amidine groups is 1. The van der Waals surface area contributed by atoms with Crippen molar-refractivity contribution in [1.29, 1.82) is 5.41 Å². The highest BCUT2D eigenvalue weighted by Gasteiger charge is 2.30.